The first kappa shape index (κ1) is 13.9. The highest BCUT2D eigenvalue weighted by molar-refractivity contribution is 5.25. The molecule has 2 heterocycles. The van der Waals surface area contributed by atoms with Gasteiger partial charge in [0, 0.05) is 12.3 Å². The van der Waals surface area contributed by atoms with Crippen molar-refractivity contribution in [3.8, 4) is 11.8 Å². The maximum atomic E-state index is 11.8. The summed E-state index contributed by atoms with van der Waals surface area (Å²) in [6.07, 6.45) is 1.88. The number of ether oxygens (including phenoxy) is 1. The second-order valence-electron chi connectivity index (χ2n) is 4.21. The van der Waals surface area contributed by atoms with Crippen molar-refractivity contribution in [2.24, 2.45) is 0 Å². The Morgan fingerprint density at radius 1 is 1.40 bits per heavy atom. The number of hydrogen-bond acceptors (Lipinski definition) is 5. The molecule has 0 saturated heterocycles. The van der Waals surface area contributed by atoms with Gasteiger partial charge in [0.1, 0.15) is 0 Å². The van der Waals surface area contributed by atoms with Crippen molar-refractivity contribution >= 4 is 0 Å². The van der Waals surface area contributed by atoms with E-state index in [2.05, 4.69) is 9.97 Å². The third-order valence-corrected chi connectivity index (χ3v) is 2.97. The predicted octanol–water partition coefficient (Wildman–Crippen LogP) is 0.256. The summed E-state index contributed by atoms with van der Waals surface area (Å²) in [6.45, 7) is 1.85. The number of methoxy groups -OCH3 is 1. The highest BCUT2D eigenvalue weighted by Crippen LogP contribution is 2.13. The van der Waals surface area contributed by atoms with Gasteiger partial charge < -0.3 is 9.84 Å². The molecule has 0 aromatic carbocycles. The highest BCUT2D eigenvalue weighted by Gasteiger charge is 2.12. The molecule has 0 saturated carbocycles. The second kappa shape index (κ2) is 5.60. The third-order valence-electron chi connectivity index (χ3n) is 2.97. The summed E-state index contributed by atoms with van der Waals surface area (Å²) in [6, 6.07) is 3.39. The van der Waals surface area contributed by atoms with Crippen LogP contribution in [0.25, 0.3) is 0 Å². The molecule has 0 unspecified atom stereocenters. The maximum Gasteiger partial charge on any atom is 0.331 e. The standard InChI is InChI=1S/C13H15N3O4/c1-3-9-11(17)15-13(19)16(12(9)18)7-8-4-5-10(20-2)14-6-8/h4-6,18H,3,7H2,1-2H3,(H,15,17,19). The van der Waals surface area contributed by atoms with Crippen LogP contribution >= 0.6 is 0 Å². The topological polar surface area (TPSA) is 97.2 Å². The summed E-state index contributed by atoms with van der Waals surface area (Å²) in [5, 5.41) is 10.0. The molecule has 0 aliphatic heterocycles. The van der Waals surface area contributed by atoms with Gasteiger partial charge in [-0.1, -0.05) is 13.0 Å². The van der Waals surface area contributed by atoms with E-state index in [1.165, 1.54) is 7.11 Å². The normalized spacial score (nSPS) is 10.5. The van der Waals surface area contributed by atoms with Crippen LogP contribution in [0.1, 0.15) is 18.1 Å². The third kappa shape index (κ3) is 2.56. The van der Waals surface area contributed by atoms with Gasteiger partial charge in [-0.25, -0.2) is 9.78 Å². The van der Waals surface area contributed by atoms with Crippen molar-refractivity contribution in [1.82, 2.24) is 14.5 Å². The van der Waals surface area contributed by atoms with Crippen LogP contribution in [-0.2, 0) is 13.0 Å². The molecule has 2 aromatic heterocycles. The fourth-order valence-electron chi connectivity index (χ4n) is 1.87. The SMILES string of the molecule is CCc1c(O)n(Cc2ccc(OC)nc2)c(=O)[nH]c1=O. The quantitative estimate of drug-likeness (QED) is 0.835. The van der Waals surface area contributed by atoms with Gasteiger partial charge in [0.2, 0.25) is 11.8 Å². The molecule has 0 fully saturated rings. The average Bonchev–Trinajstić information content (AvgIpc) is 2.44. The lowest BCUT2D eigenvalue weighted by molar-refractivity contribution is 0.395. The van der Waals surface area contributed by atoms with Gasteiger partial charge in [-0.05, 0) is 12.0 Å². The molecule has 0 radical (unpaired) electrons. The Hall–Kier alpha value is -2.57. The van der Waals surface area contributed by atoms with Crippen molar-refractivity contribution in [1.29, 1.82) is 0 Å². The highest BCUT2D eigenvalue weighted by atomic mass is 16.5. The molecule has 2 rings (SSSR count). The van der Waals surface area contributed by atoms with Crippen LogP contribution in [-0.4, -0.2) is 26.8 Å². The number of aromatic nitrogens is 3. The molecule has 7 heteroatoms. The molecule has 20 heavy (non-hydrogen) atoms. The Labute approximate surface area is 114 Å². The van der Waals surface area contributed by atoms with E-state index >= 15 is 0 Å². The van der Waals surface area contributed by atoms with Gasteiger partial charge in [0.25, 0.3) is 5.56 Å². The molecule has 0 amide bonds. The van der Waals surface area contributed by atoms with Crippen molar-refractivity contribution in [2.75, 3.05) is 7.11 Å². The molecule has 0 spiro atoms. The number of pyridine rings is 1. The van der Waals surface area contributed by atoms with Crippen LogP contribution < -0.4 is 16.0 Å². The molecule has 2 N–H and O–H groups in total. The fraction of sp³-hybridized carbons (Fsp3) is 0.308. The van der Waals surface area contributed by atoms with Crippen molar-refractivity contribution < 1.29 is 9.84 Å². The van der Waals surface area contributed by atoms with Gasteiger partial charge in [-0.15, -0.1) is 0 Å². The average molecular weight is 277 g/mol. The number of aromatic amines is 1. The van der Waals surface area contributed by atoms with Gasteiger partial charge in [-0.3, -0.25) is 14.3 Å². The number of hydrogen-bond donors (Lipinski definition) is 2. The Balaban J connectivity index is 2.42. The smallest absolute Gasteiger partial charge is 0.331 e. The molecular formula is C13H15N3O4. The van der Waals surface area contributed by atoms with Crippen LogP contribution in [0.5, 0.6) is 11.8 Å². The van der Waals surface area contributed by atoms with Gasteiger partial charge >= 0.3 is 5.69 Å². The zero-order valence-electron chi connectivity index (χ0n) is 11.2. The number of nitrogens with one attached hydrogen (secondary N) is 1. The van der Waals surface area contributed by atoms with Crippen LogP contribution in [0.2, 0.25) is 0 Å². The summed E-state index contributed by atoms with van der Waals surface area (Å²) in [4.78, 5) is 29.5. The van der Waals surface area contributed by atoms with E-state index in [0.29, 0.717) is 17.9 Å². The molecule has 0 atom stereocenters. The monoisotopic (exact) mass is 277 g/mol. The number of aromatic hydroxyl groups is 1. The summed E-state index contributed by atoms with van der Waals surface area (Å²) >= 11 is 0. The molecule has 0 bridgehead atoms. The summed E-state index contributed by atoms with van der Waals surface area (Å²) < 4.78 is 6.04. The van der Waals surface area contributed by atoms with Crippen LogP contribution in [0.3, 0.4) is 0 Å². The zero-order valence-corrected chi connectivity index (χ0v) is 11.2. The first-order chi connectivity index (χ1) is 9.56. The molecule has 0 aliphatic rings. The maximum absolute atomic E-state index is 11.8. The van der Waals surface area contributed by atoms with Crippen LogP contribution in [0.4, 0.5) is 0 Å². The van der Waals surface area contributed by atoms with Gasteiger partial charge in [0.15, 0.2) is 0 Å². The second-order valence-corrected chi connectivity index (χ2v) is 4.21. The van der Waals surface area contributed by atoms with E-state index in [1.54, 1.807) is 25.3 Å². The Morgan fingerprint density at radius 3 is 2.70 bits per heavy atom. The van der Waals surface area contributed by atoms with Crippen molar-refractivity contribution in [2.45, 2.75) is 19.9 Å². The zero-order chi connectivity index (χ0) is 14.7. The van der Waals surface area contributed by atoms with E-state index in [-0.39, 0.29) is 18.0 Å². The summed E-state index contributed by atoms with van der Waals surface area (Å²) in [5.74, 6) is 0.151. The van der Waals surface area contributed by atoms with E-state index < -0.39 is 11.2 Å². The Kier molecular flexibility index (Phi) is 3.88. The lowest BCUT2D eigenvalue weighted by atomic mass is 10.2. The molecule has 106 valence electrons. The van der Waals surface area contributed by atoms with E-state index in [9.17, 15) is 14.7 Å². The predicted molar refractivity (Wildman–Crippen MR) is 72.3 cm³/mol. The van der Waals surface area contributed by atoms with E-state index in [4.69, 9.17) is 4.74 Å². The minimum Gasteiger partial charge on any atom is -0.494 e. The molecule has 7 nitrogen and oxygen atoms in total. The van der Waals surface area contributed by atoms with Gasteiger partial charge in [0.05, 0.1) is 19.2 Å². The molecular weight excluding hydrogens is 262 g/mol. The summed E-state index contributed by atoms with van der Waals surface area (Å²) in [7, 11) is 1.51. The first-order valence-electron chi connectivity index (χ1n) is 6.10. The van der Waals surface area contributed by atoms with E-state index in [0.717, 1.165) is 4.57 Å². The minimum absolute atomic E-state index is 0.117. The molecule has 2 aromatic rings. The van der Waals surface area contributed by atoms with Crippen molar-refractivity contribution in [3.63, 3.8) is 0 Å². The first-order valence-corrected chi connectivity index (χ1v) is 6.10. The summed E-state index contributed by atoms with van der Waals surface area (Å²) in [5.41, 5.74) is -0.317. The van der Waals surface area contributed by atoms with E-state index in [1.807, 2.05) is 0 Å². The number of H-pyrrole nitrogens is 1. The Morgan fingerprint density at radius 2 is 2.15 bits per heavy atom. The number of rotatable bonds is 4. The van der Waals surface area contributed by atoms with Gasteiger partial charge in [-0.2, -0.15) is 0 Å². The lowest BCUT2D eigenvalue weighted by Gasteiger charge is -2.10. The fourth-order valence-corrected chi connectivity index (χ4v) is 1.87. The number of nitrogens with zero attached hydrogens (tertiary/aromatic N) is 2. The minimum atomic E-state index is -0.652. The largest absolute Gasteiger partial charge is 0.494 e. The van der Waals surface area contributed by atoms with Crippen molar-refractivity contribution in [3.05, 3.63) is 50.3 Å². The Bertz CT molecular complexity index is 716. The van der Waals surface area contributed by atoms with Crippen LogP contribution in [0.15, 0.2) is 27.9 Å². The van der Waals surface area contributed by atoms with Crippen LogP contribution in [0, 0.1) is 0 Å². The lowest BCUT2D eigenvalue weighted by Crippen LogP contribution is -2.32. The molecule has 0 aliphatic carbocycles.